The molecule has 8 heteroatoms. The molecular formula is C20H30N3O4S+. The van der Waals surface area contributed by atoms with Gasteiger partial charge in [0.1, 0.15) is 0 Å². The molecule has 2 heterocycles. The van der Waals surface area contributed by atoms with Gasteiger partial charge in [0.25, 0.3) is 0 Å². The fourth-order valence-electron chi connectivity index (χ4n) is 3.91. The van der Waals surface area contributed by atoms with Gasteiger partial charge in [0.15, 0.2) is 0 Å². The van der Waals surface area contributed by atoms with Gasteiger partial charge in [-0.15, -0.1) is 0 Å². The number of nitrogens with one attached hydrogen (secondary N) is 1. The first kappa shape index (κ1) is 20.8. The number of aryl methyl sites for hydroxylation is 1. The number of aromatic nitrogens is 1. The van der Waals surface area contributed by atoms with Crippen molar-refractivity contribution in [2.24, 2.45) is 13.0 Å². The van der Waals surface area contributed by atoms with Gasteiger partial charge >= 0.3 is 5.97 Å². The van der Waals surface area contributed by atoms with Crippen LogP contribution in [0.2, 0.25) is 0 Å². The molecule has 0 amide bonds. The van der Waals surface area contributed by atoms with E-state index in [4.69, 9.17) is 4.74 Å². The lowest BCUT2D eigenvalue weighted by Crippen LogP contribution is -2.53. The van der Waals surface area contributed by atoms with E-state index < -0.39 is 10.0 Å². The summed E-state index contributed by atoms with van der Waals surface area (Å²) in [6.45, 7) is 3.58. The molecule has 1 fully saturated rings. The van der Waals surface area contributed by atoms with Crippen LogP contribution in [0.5, 0.6) is 0 Å². The zero-order chi connectivity index (χ0) is 20.4. The lowest BCUT2D eigenvalue weighted by molar-refractivity contribution is -0.914. The lowest BCUT2D eigenvalue weighted by Gasteiger charge is -2.40. The minimum absolute atomic E-state index is 0.267. The predicted molar refractivity (Wildman–Crippen MR) is 110 cm³/mol. The van der Waals surface area contributed by atoms with Gasteiger partial charge in [-0.1, -0.05) is 18.2 Å². The normalized spacial score (nSPS) is 23.0. The molecule has 2 aromatic rings. The Balaban J connectivity index is 1.49. The van der Waals surface area contributed by atoms with Crippen molar-refractivity contribution in [3.05, 3.63) is 36.0 Å². The number of nitrogens with zero attached hydrogens (tertiary/aromatic N) is 2. The molecule has 154 valence electrons. The Hall–Kier alpha value is -1.90. The van der Waals surface area contributed by atoms with Gasteiger partial charge in [-0.05, 0) is 6.07 Å². The number of fused-ring (bicyclic) bond motifs is 1. The second kappa shape index (κ2) is 8.23. The number of carbonyl (C=O) groups is 1. The molecule has 1 saturated heterocycles. The zero-order valence-corrected chi connectivity index (χ0v) is 17.7. The molecule has 0 bridgehead atoms. The van der Waals surface area contributed by atoms with Gasteiger partial charge in [0.05, 0.1) is 51.7 Å². The van der Waals surface area contributed by atoms with Gasteiger partial charge < -0.3 is 13.8 Å². The van der Waals surface area contributed by atoms with Crippen LogP contribution in [0.15, 0.2) is 30.5 Å². The summed E-state index contributed by atoms with van der Waals surface area (Å²) >= 11 is 0. The minimum Gasteiger partial charge on any atom is -0.462 e. The Morgan fingerprint density at radius 2 is 1.96 bits per heavy atom. The first-order valence-electron chi connectivity index (χ1n) is 9.66. The molecule has 0 radical (unpaired) electrons. The maximum absolute atomic E-state index is 12.6. The number of rotatable bonds is 7. The van der Waals surface area contributed by atoms with Crippen LogP contribution in [0.4, 0.5) is 0 Å². The first-order chi connectivity index (χ1) is 13.2. The zero-order valence-electron chi connectivity index (χ0n) is 16.8. The molecule has 1 N–H and O–H groups in total. The number of carbonyl (C=O) groups excluding carboxylic acids is 1. The molecule has 1 aromatic carbocycles. The highest BCUT2D eigenvalue weighted by Crippen LogP contribution is 2.24. The molecule has 0 unspecified atom stereocenters. The van der Waals surface area contributed by atoms with Gasteiger partial charge in [-0.3, -0.25) is 0 Å². The van der Waals surface area contributed by atoms with Gasteiger partial charge in [0.2, 0.25) is 10.0 Å². The quantitative estimate of drug-likeness (QED) is 0.559. The van der Waals surface area contributed by atoms with Crippen LogP contribution in [0.1, 0.15) is 23.2 Å². The topological polar surface area (TPSA) is 77.4 Å². The van der Waals surface area contributed by atoms with Crippen molar-refractivity contribution < 1.29 is 22.4 Å². The largest absolute Gasteiger partial charge is 0.462 e. The lowest BCUT2D eigenvalue weighted by atomic mass is 9.96. The number of sulfonamides is 1. The molecule has 0 atom stereocenters. The summed E-state index contributed by atoms with van der Waals surface area (Å²) in [6, 6.07) is 7.82. The Bertz CT molecular complexity index is 944. The van der Waals surface area contributed by atoms with Crippen molar-refractivity contribution in [2.45, 2.75) is 12.8 Å². The summed E-state index contributed by atoms with van der Waals surface area (Å²) in [5.41, 5.74) is 1.63. The summed E-state index contributed by atoms with van der Waals surface area (Å²) in [5.74, 6) is 0.0879. The third kappa shape index (κ3) is 5.12. The van der Waals surface area contributed by atoms with Crippen molar-refractivity contribution >= 4 is 26.9 Å². The number of para-hydroxylation sites is 1. The van der Waals surface area contributed by atoms with Crippen molar-refractivity contribution in [2.75, 3.05) is 46.1 Å². The number of benzene rings is 1. The summed E-state index contributed by atoms with van der Waals surface area (Å²) in [4.78, 5) is 12.6. The Kier molecular flexibility index (Phi) is 6.12. The van der Waals surface area contributed by atoms with E-state index in [1.165, 1.54) is 6.26 Å². The molecule has 28 heavy (non-hydrogen) atoms. The van der Waals surface area contributed by atoms with Crippen LogP contribution in [0, 0.1) is 5.92 Å². The molecular weight excluding hydrogens is 378 g/mol. The average Bonchev–Trinajstić information content (AvgIpc) is 2.97. The fourth-order valence-corrected chi connectivity index (χ4v) is 4.37. The second-order valence-corrected chi connectivity index (χ2v) is 10.0. The minimum atomic E-state index is -3.14. The van der Waals surface area contributed by atoms with E-state index in [9.17, 15) is 13.2 Å². The number of likely N-dealkylation sites (tertiary alicyclic amines) is 1. The summed E-state index contributed by atoms with van der Waals surface area (Å²) < 4.78 is 33.4. The van der Waals surface area contributed by atoms with E-state index in [0.717, 1.165) is 47.9 Å². The van der Waals surface area contributed by atoms with Crippen molar-refractivity contribution in [1.82, 2.24) is 9.29 Å². The highest BCUT2D eigenvalue weighted by molar-refractivity contribution is 7.88. The van der Waals surface area contributed by atoms with Gasteiger partial charge in [-0.25, -0.2) is 17.9 Å². The number of piperidine rings is 1. The molecule has 7 nitrogen and oxygen atoms in total. The van der Waals surface area contributed by atoms with Crippen LogP contribution < -0.4 is 4.72 Å². The van der Waals surface area contributed by atoms with Crippen LogP contribution in [-0.4, -0.2) is 69.5 Å². The molecule has 1 aliphatic rings. The molecule has 0 aliphatic carbocycles. The van der Waals surface area contributed by atoms with Crippen LogP contribution in [0.25, 0.3) is 10.9 Å². The van der Waals surface area contributed by atoms with E-state index in [1.54, 1.807) is 0 Å². The number of quaternary nitrogens is 1. The van der Waals surface area contributed by atoms with E-state index in [1.807, 2.05) is 42.1 Å². The third-order valence-corrected chi connectivity index (χ3v) is 6.47. The number of hydrogen-bond acceptors (Lipinski definition) is 4. The highest BCUT2D eigenvalue weighted by Gasteiger charge is 2.30. The van der Waals surface area contributed by atoms with Crippen molar-refractivity contribution in [3.8, 4) is 0 Å². The van der Waals surface area contributed by atoms with Crippen molar-refractivity contribution in [1.29, 1.82) is 0 Å². The summed E-state index contributed by atoms with van der Waals surface area (Å²) in [5, 5.41) is 0.918. The van der Waals surface area contributed by atoms with Crippen LogP contribution in [0.3, 0.4) is 0 Å². The third-order valence-electron chi connectivity index (χ3n) is 5.74. The maximum atomic E-state index is 12.6. The molecule has 0 saturated carbocycles. The van der Waals surface area contributed by atoms with Gasteiger partial charge in [0, 0.05) is 42.9 Å². The number of ether oxygens (including phenoxy) is 1. The first-order valence-corrected chi connectivity index (χ1v) is 11.6. The average molecular weight is 409 g/mol. The Morgan fingerprint density at radius 1 is 1.29 bits per heavy atom. The van der Waals surface area contributed by atoms with E-state index in [-0.39, 0.29) is 5.97 Å². The standard InChI is InChI=1S/C20H30N3O4S/c1-22-14-18(17-6-4-5-7-19(17)22)20(24)27-15-16-8-11-23(2,12-9-16)13-10-21-28(3,25)26/h4-7,14,16,21H,8-13,15H2,1-3H3/q+1. The SMILES string of the molecule is Cn1cc(C(=O)OCC2CC[N+](C)(CCNS(C)(=O)=O)CC2)c2ccccc21. The summed E-state index contributed by atoms with van der Waals surface area (Å²) in [6.07, 6.45) is 4.95. The van der Waals surface area contributed by atoms with Gasteiger partial charge in [-0.2, -0.15) is 0 Å². The molecule has 0 spiro atoms. The van der Waals surface area contributed by atoms with Crippen molar-refractivity contribution in [3.63, 3.8) is 0 Å². The van der Waals surface area contributed by atoms with Crippen LogP contribution in [-0.2, 0) is 21.8 Å². The summed E-state index contributed by atoms with van der Waals surface area (Å²) in [7, 11) is 0.943. The Labute approximate surface area is 166 Å². The molecule has 1 aliphatic heterocycles. The monoisotopic (exact) mass is 408 g/mol. The Morgan fingerprint density at radius 3 is 2.64 bits per heavy atom. The molecule has 3 rings (SSSR count). The number of esters is 1. The number of likely N-dealkylation sites (N-methyl/N-ethyl adjacent to an activating group) is 1. The fraction of sp³-hybridized carbons (Fsp3) is 0.550. The second-order valence-electron chi connectivity index (χ2n) is 8.17. The van der Waals surface area contributed by atoms with E-state index >= 15 is 0 Å². The van der Waals surface area contributed by atoms with Crippen LogP contribution >= 0.6 is 0 Å². The predicted octanol–water partition coefficient (Wildman–Crippen LogP) is 1.74. The van der Waals surface area contributed by atoms with E-state index in [0.29, 0.717) is 24.6 Å². The maximum Gasteiger partial charge on any atom is 0.340 e. The molecule has 1 aromatic heterocycles. The number of hydrogen-bond donors (Lipinski definition) is 1. The highest BCUT2D eigenvalue weighted by atomic mass is 32.2. The smallest absolute Gasteiger partial charge is 0.340 e. The van der Waals surface area contributed by atoms with E-state index in [2.05, 4.69) is 11.8 Å².